The molecule has 2 saturated carbocycles. The third-order valence-corrected chi connectivity index (χ3v) is 10.5. The molecule has 2 atom stereocenters. The number of H-pyrrole nitrogens is 1. The number of hydrogen-bond acceptors (Lipinski definition) is 8. The molecular weight excluding hydrogens is 720 g/mol. The minimum absolute atomic E-state index is 0.132. The first-order chi connectivity index (χ1) is 26.3. The standard InChI is InChI=1S/C41H49ClN8O5/c1-24(27-13-14-27)44-38(52)31-17-20-33(34(42)22-31)28-9-5-25(6-10-28)21-35(39(53)45-32-18-15-29(16-19-32)36-47-49-50-48-36)46-37(51)30-11-7-26(8-12-30)23-43-40(54)55-41(2,3)4/h5-6,9-10,15-20,22,24,26-27,30,35H,7-8,11-14,21,23H2,1-4H3,(H,43,54)(H,44,52)(H,45,53)(H,46,51)(H,47,48,49,50). The zero-order chi connectivity index (χ0) is 39.1. The zero-order valence-electron chi connectivity index (χ0n) is 31.7. The van der Waals surface area contributed by atoms with E-state index in [0.717, 1.165) is 47.9 Å². The second-order valence-corrected chi connectivity index (χ2v) is 16.1. The lowest BCUT2D eigenvalue weighted by Gasteiger charge is -2.29. The van der Waals surface area contributed by atoms with E-state index in [1.807, 2.05) is 58.0 Å². The number of rotatable bonds is 13. The summed E-state index contributed by atoms with van der Waals surface area (Å²) in [6, 6.07) is 19.3. The molecule has 0 spiro atoms. The van der Waals surface area contributed by atoms with Crippen LogP contribution >= 0.6 is 11.6 Å². The van der Waals surface area contributed by atoms with Gasteiger partial charge in [-0.15, -0.1) is 10.2 Å². The van der Waals surface area contributed by atoms with Crippen molar-refractivity contribution < 1.29 is 23.9 Å². The van der Waals surface area contributed by atoms with Gasteiger partial charge in [0.1, 0.15) is 11.6 Å². The number of anilines is 1. The fourth-order valence-electron chi connectivity index (χ4n) is 6.84. The average Bonchev–Trinajstić information content (AvgIpc) is 3.87. The molecule has 290 valence electrons. The fraction of sp³-hybridized carbons (Fsp3) is 0.439. The molecule has 1 aromatic heterocycles. The lowest BCUT2D eigenvalue weighted by Crippen LogP contribution is -2.48. The van der Waals surface area contributed by atoms with Crippen molar-refractivity contribution in [1.29, 1.82) is 0 Å². The summed E-state index contributed by atoms with van der Waals surface area (Å²) in [5.74, 6) is 0.297. The number of hydrogen-bond donors (Lipinski definition) is 5. The molecule has 55 heavy (non-hydrogen) atoms. The molecule has 1 heterocycles. The van der Waals surface area contributed by atoms with Crippen LogP contribution in [0.25, 0.3) is 22.5 Å². The second-order valence-electron chi connectivity index (χ2n) is 15.7. The number of nitrogens with zero attached hydrogens (tertiary/aromatic N) is 3. The Balaban J connectivity index is 1.10. The van der Waals surface area contributed by atoms with Gasteiger partial charge in [-0.05, 0) is 131 Å². The molecule has 2 aliphatic carbocycles. The molecule has 6 rings (SSSR count). The van der Waals surface area contributed by atoms with E-state index in [1.54, 1.807) is 36.4 Å². The number of aromatic amines is 1. The van der Waals surface area contributed by atoms with Crippen molar-refractivity contribution in [3.8, 4) is 22.5 Å². The molecule has 0 bridgehead atoms. The molecule has 2 fully saturated rings. The molecule has 0 saturated heterocycles. The number of alkyl carbamates (subject to hydrolysis) is 1. The monoisotopic (exact) mass is 768 g/mol. The average molecular weight is 769 g/mol. The molecule has 14 heteroatoms. The maximum atomic E-state index is 13.8. The maximum Gasteiger partial charge on any atom is 0.407 e. The molecular formula is C41H49ClN8O5. The van der Waals surface area contributed by atoms with Crippen molar-refractivity contribution in [2.75, 3.05) is 11.9 Å². The van der Waals surface area contributed by atoms with Gasteiger partial charge in [-0.1, -0.05) is 41.9 Å². The zero-order valence-corrected chi connectivity index (χ0v) is 32.4. The van der Waals surface area contributed by atoms with Crippen LogP contribution in [0.5, 0.6) is 0 Å². The van der Waals surface area contributed by atoms with Gasteiger partial charge >= 0.3 is 6.09 Å². The van der Waals surface area contributed by atoms with Crippen LogP contribution < -0.4 is 21.3 Å². The van der Waals surface area contributed by atoms with Crippen molar-refractivity contribution in [1.82, 2.24) is 36.6 Å². The van der Waals surface area contributed by atoms with Crippen LogP contribution in [0.2, 0.25) is 5.02 Å². The summed E-state index contributed by atoms with van der Waals surface area (Å²) in [4.78, 5) is 52.4. The topological polar surface area (TPSA) is 180 Å². The van der Waals surface area contributed by atoms with Gasteiger partial charge in [0.15, 0.2) is 0 Å². The van der Waals surface area contributed by atoms with Crippen molar-refractivity contribution in [2.45, 2.75) is 90.3 Å². The number of aromatic nitrogens is 4. The smallest absolute Gasteiger partial charge is 0.407 e. The van der Waals surface area contributed by atoms with E-state index >= 15 is 0 Å². The first kappa shape index (κ1) is 39.4. The SMILES string of the molecule is CC(NC(=O)c1ccc(-c2ccc(CC(NC(=O)C3CCC(CNC(=O)OC(C)(C)C)CC3)C(=O)Nc3ccc(-c4nn[nH]n4)cc3)cc2)c(Cl)c1)C1CC1. The Morgan fingerprint density at radius 3 is 2.20 bits per heavy atom. The number of tetrazole rings is 1. The predicted molar refractivity (Wildman–Crippen MR) is 210 cm³/mol. The number of nitrogens with one attached hydrogen (secondary N) is 5. The van der Waals surface area contributed by atoms with Crippen LogP contribution in [0.3, 0.4) is 0 Å². The summed E-state index contributed by atoms with van der Waals surface area (Å²) < 4.78 is 5.35. The van der Waals surface area contributed by atoms with E-state index in [9.17, 15) is 19.2 Å². The Hall–Kier alpha value is -5.30. The van der Waals surface area contributed by atoms with Gasteiger partial charge in [-0.3, -0.25) is 14.4 Å². The van der Waals surface area contributed by atoms with Gasteiger partial charge in [-0.2, -0.15) is 5.21 Å². The van der Waals surface area contributed by atoms with E-state index in [2.05, 4.69) is 41.9 Å². The van der Waals surface area contributed by atoms with Crippen molar-refractivity contribution in [2.24, 2.45) is 17.8 Å². The predicted octanol–water partition coefficient (Wildman–Crippen LogP) is 6.71. The normalized spacial score (nSPS) is 18.1. The Bertz CT molecular complexity index is 1950. The summed E-state index contributed by atoms with van der Waals surface area (Å²) in [7, 11) is 0. The highest BCUT2D eigenvalue weighted by Crippen LogP contribution is 2.33. The van der Waals surface area contributed by atoms with Gasteiger partial charge in [0.25, 0.3) is 5.91 Å². The van der Waals surface area contributed by atoms with Gasteiger partial charge in [0.2, 0.25) is 17.6 Å². The van der Waals surface area contributed by atoms with Crippen LogP contribution in [0.1, 0.15) is 82.1 Å². The highest BCUT2D eigenvalue weighted by atomic mass is 35.5. The molecule has 2 unspecified atom stereocenters. The lowest BCUT2D eigenvalue weighted by atomic mass is 9.81. The Labute approximate surface area is 326 Å². The molecule has 4 amide bonds. The number of carbonyl (C=O) groups excluding carboxylic acids is 4. The first-order valence-corrected chi connectivity index (χ1v) is 19.3. The van der Waals surface area contributed by atoms with Gasteiger partial charge in [-0.25, -0.2) is 4.79 Å². The Morgan fingerprint density at radius 2 is 1.58 bits per heavy atom. The third kappa shape index (κ3) is 11.1. The van der Waals surface area contributed by atoms with Crippen molar-refractivity contribution in [3.05, 3.63) is 82.9 Å². The quantitative estimate of drug-likeness (QED) is 0.0995. The first-order valence-electron chi connectivity index (χ1n) is 18.9. The van der Waals surface area contributed by atoms with Crippen LogP contribution in [0.4, 0.5) is 10.5 Å². The molecule has 4 aromatic rings. The van der Waals surface area contributed by atoms with Crippen LogP contribution in [-0.2, 0) is 20.7 Å². The number of amides is 4. The highest BCUT2D eigenvalue weighted by molar-refractivity contribution is 6.33. The minimum Gasteiger partial charge on any atom is -0.444 e. The van der Waals surface area contributed by atoms with Gasteiger partial charge in [0, 0.05) is 52.3 Å². The number of benzene rings is 3. The number of ether oxygens (including phenoxy) is 1. The van der Waals surface area contributed by atoms with Crippen LogP contribution in [0, 0.1) is 17.8 Å². The van der Waals surface area contributed by atoms with Crippen LogP contribution in [-0.4, -0.2) is 68.7 Å². The summed E-state index contributed by atoms with van der Waals surface area (Å²) in [6.07, 6.45) is 4.93. The van der Waals surface area contributed by atoms with E-state index < -0.39 is 17.7 Å². The van der Waals surface area contributed by atoms with E-state index in [0.29, 0.717) is 47.4 Å². The summed E-state index contributed by atoms with van der Waals surface area (Å²) in [5, 5.41) is 26.4. The highest BCUT2D eigenvalue weighted by Gasteiger charge is 2.31. The molecule has 13 nitrogen and oxygen atoms in total. The molecule has 3 aromatic carbocycles. The maximum absolute atomic E-state index is 13.8. The van der Waals surface area contributed by atoms with E-state index in [4.69, 9.17) is 16.3 Å². The largest absolute Gasteiger partial charge is 0.444 e. The number of carbonyl (C=O) groups is 4. The van der Waals surface area contributed by atoms with Crippen molar-refractivity contribution in [3.63, 3.8) is 0 Å². The molecule has 0 aliphatic heterocycles. The Kier molecular flexibility index (Phi) is 12.5. The third-order valence-electron chi connectivity index (χ3n) is 10.2. The van der Waals surface area contributed by atoms with E-state index in [1.165, 1.54) is 0 Å². The van der Waals surface area contributed by atoms with Crippen LogP contribution in [0.15, 0.2) is 66.7 Å². The van der Waals surface area contributed by atoms with E-state index in [-0.39, 0.29) is 42.0 Å². The summed E-state index contributed by atoms with van der Waals surface area (Å²) in [5.41, 5.74) is 3.71. The molecule has 0 radical (unpaired) electrons. The Morgan fingerprint density at radius 1 is 0.891 bits per heavy atom. The van der Waals surface area contributed by atoms with Crippen molar-refractivity contribution >= 4 is 41.1 Å². The molecule has 5 N–H and O–H groups in total. The minimum atomic E-state index is -0.860. The van der Waals surface area contributed by atoms with Gasteiger partial charge < -0.3 is 26.0 Å². The van der Waals surface area contributed by atoms with Gasteiger partial charge in [0.05, 0.1) is 0 Å². The number of halogens is 1. The second kappa shape index (κ2) is 17.4. The summed E-state index contributed by atoms with van der Waals surface area (Å²) in [6.45, 7) is 7.98. The fourth-order valence-corrected chi connectivity index (χ4v) is 7.13. The summed E-state index contributed by atoms with van der Waals surface area (Å²) >= 11 is 6.68. The molecule has 2 aliphatic rings. The lowest BCUT2D eigenvalue weighted by molar-refractivity contribution is -0.130.